The van der Waals surface area contributed by atoms with Crippen molar-refractivity contribution in [2.45, 2.75) is 70.1 Å². The Morgan fingerprint density at radius 2 is 1.88 bits per heavy atom. The first kappa shape index (κ1) is 28.5. The molecule has 0 aromatic heterocycles. The van der Waals surface area contributed by atoms with Gasteiger partial charge in [0.25, 0.3) is 0 Å². The molecule has 33 heavy (non-hydrogen) atoms. The van der Waals surface area contributed by atoms with Crippen LogP contribution in [-0.4, -0.2) is 82.7 Å². The highest BCUT2D eigenvalue weighted by Crippen LogP contribution is 2.21. The van der Waals surface area contributed by atoms with Crippen LogP contribution in [0.5, 0.6) is 0 Å². The molecule has 0 aromatic rings. The largest absolute Gasteiger partial charge is 0.480 e. The van der Waals surface area contributed by atoms with Crippen LogP contribution in [0, 0.1) is 5.92 Å². The van der Waals surface area contributed by atoms with Crippen LogP contribution in [0.4, 0.5) is 0 Å². The lowest BCUT2D eigenvalue weighted by Crippen LogP contribution is -2.58. The Labute approximate surface area is 199 Å². The molecule has 1 fully saturated rings. The number of likely N-dealkylation sites (tertiary alicyclic amines) is 1. The average Bonchev–Trinajstić information content (AvgIpc) is 3.27. The van der Waals surface area contributed by atoms with Gasteiger partial charge in [0.2, 0.25) is 17.7 Å². The first-order valence-electron chi connectivity index (χ1n) is 11.1. The standard InChI is InChI=1S/C20H37N7O5S/c1-3-11(2)15(18(30)27-9-5-7-14(27)19(31)32)26-17(29)13(6-4-8-24-20(22)23)25-16(28)12(21)10-33/h11-15,33H,3-10,21H2,1-2H3,(H,25,28)(H,26,29)(H,31,32)(H4,22,23,24). The van der Waals surface area contributed by atoms with Gasteiger partial charge in [0.1, 0.15) is 18.1 Å². The molecule has 0 aliphatic carbocycles. The lowest BCUT2D eigenvalue weighted by Gasteiger charge is -2.31. The summed E-state index contributed by atoms with van der Waals surface area (Å²) >= 11 is 4.00. The summed E-state index contributed by atoms with van der Waals surface area (Å²) in [5, 5.41) is 14.8. The number of carbonyl (C=O) groups is 4. The number of hydrogen-bond acceptors (Lipinski definition) is 7. The maximum Gasteiger partial charge on any atom is 0.326 e. The van der Waals surface area contributed by atoms with Crippen molar-refractivity contribution in [2.75, 3.05) is 18.8 Å². The first-order chi connectivity index (χ1) is 15.5. The van der Waals surface area contributed by atoms with E-state index in [1.54, 1.807) is 6.92 Å². The SMILES string of the molecule is CCC(C)C(NC(=O)C(CCCN=C(N)N)NC(=O)C(N)CS)C(=O)N1CCCC1C(=O)O. The molecule has 188 valence electrons. The van der Waals surface area contributed by atoms with E-state index in [4.69, 9.17) is 17.2 Å². The second kappa shape index (κ2) is 13.9. The zero-order chi connectivity index (χ0) is 25.1. The number of aliphatic carboxylic acids is 1. The molecular weight excluding hydrogens is 450 g/mol. The number of carboxylic acids is 1. The van der Waals surface area contributed by atoms with Gasteiger partial charge in [0, 0.05) is 18.8 Å². The molecule has 1 aliphatic heterocycles. The molecule has 12 nitrogen and oxygen atoms in total. The van der Waals surface area contributed by atoms with E-state index < -0.39 is 47.9 Å². The summed E-state index contributed by atoms with van der Waals surface area (Å²) < 4.78 is 0. The van der Waals surface area contributed by atoms with E-state index in [0.29, 0.717) is 32.2 Å². The van der Waals surface area contributed by atoms with Gasteiger partial charge in [-0.1, -0.05) is 20.3 Å². The van der Waals surface area contributed by atoms with Crippen LogP contribution < -0.4 is 27.8 Å². The Hall–Kier alpha value is -2.54. The number of nitrogens with one attached hydrogen (secondary N) is 2. The summed E-state index contributed by atoms with van der Waals surface area (Å²) in [5.41, 5.74) is 16.3. The van der Waals surface area contributed by atoms with Crippen LogP contribution in [0.25, 0.3) is 0 Å². The second-order valence-corrected chi connectivity index (χ2v) is 8.56. The highest BCUT2D eigenvalue weighted by Gasteiger charge is 2.39. The maximum atomic E-state index is 13.2. The lowest BCUT2D eigenvalue weighted by atomic mass is 9.96. The van der Waals surface area contributed by atoms with E-state index in [1.807, 2.05) is 6.92 Å². The predicted molar refractivity (Wildman–Crippen MR) is 127 cm³/mol. The Bertz CT molecular complexity index is 732. The van der Waals surface area contributed by atoms with Gasteiger partial charge in [-0.05, 0) is 31.6 Å². The minimum Gasteiger partial charge on any atom is -0.480 e. The van der Waals surface area contributed by atoms with Gasteiger partial charge in [0.05, 0.1) is 6.04 Å². The smallest absolute Gasteiger partial charge is 0.326 e. The lowest BCUT2D eigenvalue weighted by molar-refractivity contribution is -0.150. The van der Waals surface area contributed by atoms with Crippen LogP contribution in [0.15, 0.2) is 4.99 Å². The second-order valence-electron chi connectivity index (χ2n) is 8.20. The number of nitrogens with zero attached hydrogens (tertiary/aromatic N) is 2. The summed E-state index contributed by atoms with van der Waals surface area (Å²) in [6.45, 7) is 4.24. The van der Waals surface area contributed by atoms with Crippen LogP contribution in [0.3, 0.4) is 0 Å². The van der Waals surface area contributed by atoms with Crippen molar-refractivity contribution < 1.29 is 24.3 Å². The van der Waals surface area contributed by atoms with E-state index in [9.17, 15) is 24.3 Å². The molecule has 1 saturated heterocycles. The van der Waals surface area contributed by atoms with E-state index in [0.717, 1.165) is 0 Å². The normalized spacial score (nSPS) is 19.2. The molecule has 1 heterocycles. The van der Waals surface area contributed by atoms with Crippen LogP contribution in [0.1, 0.15) is 46.0 Å². The number of amides is 3. The van der Waals surface area contributed by atoms with E-state index in [2.05, 4.69) is 28.3 Å². The van der Waals surface area contributed by atoms with Crippen molar-refractivity contribution in [3.63, 3.8) is 0 Å². The third-order valence-corrected chi connectivity index (χ3v) is 6.10. The van der Waals surface area contributed by atoms with Gasteiger partial charge in [-0.15, -0.1) is 0 Å². The fraction of sp³-hybridized carbons (Fsp3) is 0.750. The third kappa shape index (κ3) is 8.72. The zero-order valence-electron chi connectivity index (χ0n) is 19.2. The van der Waals surface area contributed by atoms with Crippen molar-refractivity contribution >= 4 is 42.3 Å². The molecule has 3 amide bonds. The number of guanidine groups is 1. The Morgan fingerprint density at radius 3 is 2.42 bits per heavy atom. The Kier molecular flexibility index (Phi) is 12.0. The molecular formula is C20H37N7O5S. The average molecular weight is 488 g/mol. The summed E-state index contributed by atoms with van der Waals surface area (Å²) in [5.74, 6) is -2.88. The number of carbonyl (C=O) groups excluding carboxylic acids is 3. The van der Waals surface area contributed by atoms with Crippen molar-refractivity contribution in [2.24, 2.45) is 28.1 Å². The van der Waals surface area contributed by atoms with E-state index >= 15 is 0 Å². The number of nitrogens with two attached hydrogens (primary N) is 3. The molecule has 5 unspecified atom stereocenters. The Morgan fingerprint density at radius 1 is 1.21 bits per heavy atom. The number of aliphatic imine (C=N–C) groups is 1. The monoisotopic (exact) mass is 487 g/mol. The van der Waals surface area contributed by atoms with Crippen LogP contribution >= 0.6 is 12.6 Å². The van der Waals surface area contributed by atoms with Crippen molar-refractivity contribution in [3.05, 3.63) is 0 Å². The van der Waals surface area contributed by atoms with Crippen molar-refractivity contribution in [3.8, 4) is 0 Å². The topological polar surface area (TPSA) is 206 Å². The maximum absolute atomic E-state index is 13.2. The molecule has 1 rings (SSSR count). The Balaban J connectivity index is 3.02. The molecule has 5 atom stereocenters. The molecule has 1 aliphatic rings. The summed E-state index contributed by atoms with van der Waals surface area (Å²) in [7, 11) is 0. The molecule has 13 heteroatoms. The predicted octanol–water partition coefficient (Wildman–Crippen LogP) is -1.61. The van der Waals surface area contributed by atoms with Gasteiger partial charge in [-0.25, -0.2) is 4.79 Å². The van der Waals surface area contributed by atoms with Crippen molar-refractivity contribution in [1.82, 2.24) is 15.5 Å². The summed E-state index contributed by atoms with van der Waals surface area (Å²) in [4.78, 5) is 55.4. The molecule has 0 spiro atoms. The van der Waals surface area contributed by atoms with Gasteiger partial charge in [-0.2, -0.15) is 12.6 Å². The van der Waals surface area contributed by atoms with Gasteiger partial charge < -0.3 is 37.8 Å². The number of rotatable bonds is 13. The molecule has 0 aromatic carbocycles. The molecule has 0 radical (unpaired) electrons. The molecule has 0 bridgehead atoms. The quantitative estimate of drug-likeness (QED) is 0.0694. The van der Waals surface area contributed by atoms with Gasteiger partial charge in [-0.3, -0.25) is 19.4 Å². The summed E-state index contributed by atoms with van der Waals surface area (Å²) in [6.07, 6.45) is 2.12. The van der Waals surface area contributed by atoms with Crippen molar-refractivity contribution in [1.29, 1.82) is 0 Å². The van der Waals surface area contributed by atoms with Gasteiger partial charge in [0.15, 0.2) is 5.96 Å². The fourth-order valence-electron chi connectivity index (χ4n) is 3.54. The van der Waals surface area contributed by atoms with E-state index in [-0.39, 0.29) is 30.6 Å². The van der Waals surface area contributed by atoms with E-state index in [1.165, 1.54) is 4.90 Å². The summed E-state index contributed by atoms with van der Waals surface area (Å²) in [6, 6.07) is -3.73. The minimum atomic E-state index is -1.07. The molecule has 0 saturated carbocycles. The van der Waals surface area contributed by atoms with Crippen LogP contribution in [0.2, 0.25) is 0 Å². The highest BCUT2D eigenvalue weighted by molar-refractivity contribution is 7.80. The number of thiol groups is 1. The molecule has 9 N–H and O–H groups in total. The van der Waals surface area contributed by atoms with Crippen LogP contribution in [-0.2, 0) is 19.2 Å². The zero-order valence-corrected chi connectivity index (χ0v) is 20.1. The number of hydrogen-bond donors (Lipinski definition) is 7. The fourth-order valence-corrected chi connectivity index (χ4v) is 3.70. The highest BCUT2D eigenvalue weighted by atomic mass is 32.1. The third-order valence-electron chi connectivity index (χ3n) is 5.71. The van der Waals surface area contributed by atoms with Gasteiger partial charge >= 0.3 is 5.97 Å². The number of carboxylic acid groups (broad SMARTS) is 1. The first-order valence-corrected chi connectivity index (χ1v) is 11.7. The minimum absolute atomic E-state index is 0.0850.